The van der Waals surface area contributed by atoms with E-state index in [-0.39, 0.29) is 0 Å². The summed E-state index contributed by atoms with van der Waals surface area (Å²) in [6.07, 6.45) is 0.985. The molecule has 1 fully saturated rings. The van der Waals surface area contributed by atoms with Gasteiger partial charge >= 0.3 is 0 Å². The van der Waals surface area contributed by atoms with E-state index in [9.17, 15) is 0 Å². The van der Waals surface area contributed by atoms with Crippen molar-refractivity contribution >= 4 is 0 Å². The fraction of sp³-hybridized carbons (Fsp3) is 0.600. The van der Waals surface area contributed by atoms with Crippen LogP contribution in [0.15, 0.2) is 18.2 Å². The Balaban J connectivity index is 1.74. The highest BCUT2D eigenvalue weighted by Crippen LogP contribution is 2.19. The third-order valence-corrected chi connectivity index (χ3v) is 3.40. The molecule has 1 aliphatic rings. The topological polar surface area (TPSA) is 42.5 Å². The molecule has 0 saturated carbocycles. The molecule has 1 unspecified atom stereocenters. The average molecular weight is 264 g/mol. The van der Waals surface area contributed by atoms with Crippen LogP contribution < -0.4 is 15.4 Å². The van der Waals surface area contributed by atoms with Crippen LogP contribution in [0.4, 0.5) is 0 Å². The van der Waals surface area contributed by atoms with Crippen molar-refractivity contribution in [3.8, 4) is 5.75 Å². The number of aryl methyl sites for hydroxylation is 1. The van der Waals surface area contributed by atoms with Crippen LogP contribution in [0.25, 0.3) is 0 Å². The number of rotatable bonds is 6. The van der Waals surface area contributed by atoms with Gasteiger partial charge in [0.15, 0.2) is 0 Å². The number of ether oxygens (including phenoxy) is 2. The van der Waals surface area contributed by atoms with Crippen LogP contribution in [-0.4, -0.2) is 46.0 Å². The Morgan fingerprint density at radius 1 is 1.47 bits per heavy atom. The maximum absolute atomic E-state index is 5.43. The molecule has 19 heavy (non-hydrogen) atoms. The molecule has 0 radical (unpaired) electrons. The van der Waals surface area contributed by atoms with Crippen LogP contribution >= 0.6 is 0 Å². The smallest absolute Gasteiger partial charge is 0.122 e. The van der Waals surface area contributed by atoms with Crippen molar-refractivity contribution in [1.29, 1.82) is 0 Å². The zero-order valence-electron chi connectivity index (χ0n) is 11.9. The highest BCUT2D eigenvalue weighted by molar-refractivity contribution is 5.37. The van der Waals surface area contributed by atoms with Gasteiger partial charge in [-0.2, -0.15) is 0 Å². The summed E-state index contributed by atoms with van der Waals surface area (Å²) in [5, 5.41) is 6.91. The molecular formula is C15H24N2O2. The molecule has 0 aromatic heterocycles. The van der Waals surface area contributed by atoms with Crippen molar-refractivity contribution in [3.05, 3.63) is 29.3 Å². The molecule has 2 N–H and O–H groups in total. The van der Waals surface area contributed by atoms with Crippen molar-refractivity contribution in [2.24, 2.45) is 0 Å². The minimum Gasteiger partial charge on any atom is -0.496 e. The van der Waals surface area contributed by atoms with E-state index >= 15 is 0 Å². The first-order valence-electron chi connectivity index (χ1n) is 6.95. The normalized spacial score (nSPS) is 19.4. The molecule has 1 saturated heterocycles. The lowest BCUT2D eigenvalue weighted by atomic mass is 10.1. The van der Waals surface area contributed by atoms with E-state index in [0.717, 1.165) is 45.0 Å². The van der Waals surface area contributed by atoms with Crippen LogP contribution in [0.2, 0.25) is 0 Å². The van der Waals surface area contributed by atoms with Crippen LogP contribution in [0.3, 0.4) is 0 Å². The summed E-state index contributed by atoms with van der Waals surface area (Å²) in [4.78, 5) is 0. The van der Waals surface area contributed by atoms with Crippen molar-refractivity contribution in [2.45, 2.75) is 19.4 Å². The lowest BCUT2D eigenvalue weighted by molar-refractivity contribution is 0.0768. The van der Waals surface area contributed by atoms with E-state index < -0.39 is 0 Å². The number of nitrogens with one attached hydrogen (secondary N) is 2. The van der Waals surface area contributed by atoms with E-state index in [0.29, 0.717) is 6.04 Å². The molecule has 0 aliphatic carbocycles. The van der Waals surface area contributed by atoms with Crippen LogP contribution in [0.5, 0.6) is 5.75 Å². The molecular weight excluding hydrogens is 240 g/mol. The summed E-state index contributed by atoms with van der Waals surface area (Å²) >= 11 is 0. The largest absolute Gasteiger partial charge is 0.496 e. The zero-order valence-corrected chi connectivity index (χ0v) is 11.9. The quantitative estimate of drug-likeness (QED) is 0.756. The van der Waals surface area contributed by atoms with Gasteiger partial charge in [0.2, 0.25) is 0 Å². The second-order valence-corrected chi connectivity index (χ2v) is 5.00. The molecule has 1 atom stereocenters. The second-order valence-electron chi connectivity index (χ2n) is 5.00. The predicted molar refractivity (Wildman–Crippen MR) is 76.9 cm³/mol. The van der Waals surface area contributed by atoms with Crippen molar-refractivity contribution < 1.29 is 9.47 Å². The Labute approximate surface area is 115 Å². The van der Waals surface area contributed by atoms with Gasteiger partial charge in [-0.05, 0) is 31.5 Å². The van der Waals surface area contributed by atoms with Crippen molar-refractivity contribution in [3.63, 3.8) is 0 Å². The highest BCUT2D eigenvalue weighted by atomic mass is 16.5. The van der Waals surface area contributed by atoms with Crippen LogP contribution in [0, 0.1) is 6.92 Å². The van der Waals surface area contributed by atoms with Gasteiger partial charge < -0.3 is 20.1 Å². The van der Waals surface area contributed by atoms with Gasteiger partial charge in [-0.15, -0.1) is 0 Å². The first kappa shape index (κ1) is 14.3. The number of methoxy groups -OCH3 is 1. The third-order valence-electron chi connectivity index (χ3n) is 3.40. The van der Waals surface area contributed by atoms with Gasteiger partial charge in [0, 0.05) is 19.1 Å². The lowest BCUT2D eigenvalue weighted by Crippen LogP contribution is -2.47. The van der Waals surface area contributed by atoms with Gasteiger partial charge in [0.1, 0.15) is 5.75 Å². The van der Waals surface area contributed by atoms with Crippen LogP contribution in [-0.2, 0) is 11.2 Å². The Morgan fingerprint density at radius 2 is 2.37 bits per heavy atom. The van der Waals surface area contributed by atoms with Crippen LogP contribution in [0.1, 0.15) is 11.1 Å². The summed E-state index contributed by atoms with van der Waals surface area (Å²) in [5.74, 6) is 0.978. The Morgan fingerprint density at radius 3 is 3.11 bits per heavy atom. The molecule has 1 aromatic carbocycles. The van der Waals surface area contributed by atoms with Gasteiger partial charge in [-0.3, -0.25) is 0 Å². The van der Waals surface area contributed by atoms with E-state index in [2.05, 4.69) is 29.7 Å². The first-order valence-corrected chi connectivity index (χ1v) is 6.95. The average Bonchev–Trinajstić information content (AvgIpc) is 2.45. The van der Waals surface area contributed by atoms with Gasteiger partial charge in [0.25, 0.3) is 0 Å². The molecule has 4 heteroatoms. The summed E-state index contributed by atoms with van der Waals surface area (Å²) in [5.41, 5.74) is 2.54. The Kier molecular flexibility index (Phi) is 5.63. The second kappa shape index (κ2) is 7.48. The fourth-order valence-electron chi connectivity index (χ4n) is 2.35. The standard InChI is InChI=1S/C15H24N2O2/c1-12-3-4-15(18-2)13(9-12)5-6-16-10-14-11-19-8-7-17-14/h3-4,9,14,16-17H,5-8,10-11H2,1-2H3. The number of morpholine rings is 1. The fourth-order valence-corrected chi connectivity index (χ4v) is 2.35. The summed E-state index contributed by atoms with van der Waals surface area (Å²) < 4.78 is 10.8. The molecule has 0 spiro atoms. The molecule has 4 nitrogen and oxygen atoms in total. The van der Waals surface area contributed by atoms with E-state index in [1.54, 1.807) is 7.11 Å². The number of hydrogen-bond acceptors (Lipinski definition) is 4. The summed E-state index contributed by atoms with van der Waals surface area (Å²) in [6, 6.07) is 6.76. The van der Waals surface area contributed by atoms with Gasteiger partial charge in [0.05, 0.1) is 20.3 Å². The third kappa shape index (κ3) is 4.49. The molecule has 1 heterocycles. The Bertz CT molecular complexity index is 390. The summed E-state index contributed by atoms with van der Waals surface area (Å²) in [6.45, 7) is 6.61. The maximum Gasteiger partial charge on any atom is 0.122 e. The maximum atomic E-state index is 5.43. The monoisotopic (exact) mass is 264 g/mol. The van der Waals surface area contributed by atoms with Gasteiger partial charge in [-0.1, -0.05) is 17.7 Å². The van der Waals surface area contributed by atoms with Gasteiger partial charge in [-0.25, -0.2) is 0 Å². The molecule has 106 valence electrons. The zero-order chi connectivity index (χ0) is 13.5. The predicted octanol–water partition coefficient (Wildman–Crippen LogP) is 1.12. The lowest BCUT2D eigenvalue weighted by Gasteiger charge is -2.24. The minimum absolute atomic E-state index is 0.438. The number of benzene rings is 1. The first-order chi connectivity index (χ1) is 9.29. The molecule has 0 amide bonds. The summed E-state index contributed by atoms with van der Waals surface area (Å²) in [7, 11) is 1.73. The number of hydrogen-bond donors (Lipinski definition) is 2. The molecule has 1 aliphatic heterocycles. The van der Waals surface area contributed by atoms with Crippen molar-refractivity contribution in [2.75, 3.05) is 40.0 Å². The van der Waals surface area contributed by atoms with Crippen molar-refractivity contribution in [1.82, 2.24) is 10.6 Å². The van der Waals surface area contributed by atoms with E-state index in [1.165, 1.54) is 11.1 Å². The minimum atomic E-state index is 0.438. The molecule has 0 bridgehead atoms. The molecule has 2 rings (SSSR count). The van der Waals surface area contributed by atoms with E-state index in [4.69, 9.17) is 9.47 Å². The van der Waals surface area contributed by atoms with E-state index in [1.807, 2.05) is 6.07 Å². The molecule has 1 aromatic rings. The highest BCUT2D eigenvalue weighted by Gasteiger charge is 2.11. The SMILES string of the molecule is COc1ccc(C)cc1CCNCC1COCCN1. The Hall–Kier alpha value is -1.10.